The summed E-state index contributed by atoms with van der Waals surface area (Å²) in [5.41, 5.74) is 2.76. The molecule has 0 saturated heterocycles. The van der Waals surface area contributed by atoms with E-state index in [9.17, 15) is 0 Å². The van der Waals surface area contributed by atoms with Gasteiger partial charge in [-0.2, -0.15) is 0 Å². The molecule has 1 heterocycles. The average Bonchev–Trinajstić information content (AvgIpc) is 2.68. The van der Waals surface area contributed by atoms with Crippen LogP contribution in [-0.2, 0) is 9.47 Å². The summed E-state index contributed by atoms with van der Waals surface area (Å²) >= 11 is 0. The lowest BCUT2D eigenvalue weighted by atomic mass is 10.00. The van der Waals surface area contributed by atoms with Crippen molar-refractivity contribution in [3.8, 4) is 0 Å². The van der Waals surface area contributed by atoms with E-state index >= 15 is 0 Å². The van der Waals surface area contributed by atoms with Gasteiger partial charge in [0.15, 0.2) is 5.96 Å². The summed E-state index contributed by atoms with van der Waals surface area (Å²) in [4.78, 5) is 6.73. The van der Waals surface area contributed by atoms with Gasteiger partial charge in [-0.05, 0) is 30.4 Å². The van der Waals surface area contributed by atoms with Crippen molar-refractivity contribution in [3.63, 3.8) is 0 Å². The molecule has 1 N–H and O–H groups in total. The average molecular weight is 345 g/mol. The Balaban J connectivity index is 1.67. The maximum atomic E-state index is 5.48. The smallest absolute Gasteiger partial charge is 0.193 e. The van der Waals surface area contributed by atoms with Gasteiger partial charge in [0.2, 0.25) is 0 Å². The van der Waals surface area contributed by atoms with Gasteiger partial charge in [0.05, 0.1) is 13.2 Å². The van der Waals surface area contributed by atoms with E-state index in [1.165, 1.54) is 11.1 Å². The molecule has 1 aliphatic rings. The first-order valence-electron chi connectivity index (χ1n) is 9.12. The van der Waals surface area contributed by atoms with Gasteiger partial charge in [0.25, 0.3) is 0 Å². The van der Waals surface area contributed by atoms with E-state index in [4.69, 9.17) is 9.47 Å². The Morgan fingerprint density at radius 1 is 1.16 bits per heavy atom. The number of unbranched alkanes of at least 4 members (excludes halogenated alkanes) is 1. The van der Waals surface area contributed by atoms with Crippen molar-refractivity contribution in [1.29, 1.82) is 0 Å². The van der Waals surface area contributed by atoms with Crippen molar-refractivity contribution in [2.75, 3.05) is 53.6 Å². The van der Waals surface area contributed by atoms with Crippen LogP contribution in [-0.4, -0.2) is 64.5 Å². The Hall–Kier alpha value is -1.85. The van der Waals surface area contributed by atoms with Crippen LogP contribution in [0.25, 0.3) is 5.57 Å². The van der Waals surface area contributed by atoms with Crippen LogP contribution in [0.15, 0.2) is 41.4 Å². The lowest BCUT2D eigenvalue weighted by Crippen LogP contribution is -2.43. The van der Waals surface area contributed by atoms with Gasteiger partial charge in [-0.1, -0.05) is 36.4 Å². The number of benzene rings is 1. The molecule has 1 aromatic rings. The highest BCUT2D eigenvalue weighted by Gasteiger charge is 2.15. The van der Waals surface area contributed by atoms with Crippen molar-refractivity contribution in [1.82, 2.24) is 10.2 Å². The number of aliphatic imine (C=N–C) groups is 1. The first-order chi connectivity index (χ1) is 12.3. The molecular formula is C20H31N3O2. The first-order valence-corrected chi connectivity index (χ1v) is 9.12. The summed E-state index contributed by atoms with van der Waals surface area (Å²) in [5, 5.41) is 3.46. The molecule has 0 amide bonds. The summed E-state index contributed by atoms with van der Waals surface area (Å²) in [6, 6.07) is 10.6. The number of ether oxygens (including phenoxy) is 2. The summed E-state index contributed by atoms with van der Waals surface area (Å²) in [6.07, 6.45) is 5.49. The van der Waals surface area contributed by atoms with Crippen LogP contribution >= 0.6 is 0 Å². The van der Waals surface area contributed by atoms with E-state index < -0.39 is 0 Å². The second kappa shape index (κ2) is 11.7. The van der Waals surface area contributed by atoms with Gasteiger partial charge in [0, 0.05) is 40.4 Å². The van der Waals surface area contributed by atoms with Crippen LogP contribution in [0.1, 0.15) is 24.8 Å². The van der Waals surface area contributed by atoms with Gasteiger partial charge in [-0.3, -0.25) is 4.99 Å². The predicted molar refractivity (Wildman–Crippen MR) is 104 cm³/mol. The Morgan fingerprint density at radius 3 is 2.68 bits per heavy atom. The summed E-state index contributed by atoms with van der Waals surface area (Å²) in [5.74, 6) is 0.990. The van der Waals surface area contributed by atoms with E-state index in [0.717, 1.165) is 51.5 Å². The molecule has 0 spiro atoms. The zero-order valence-electron chi connectivity index (χ0n) is 15.5. The molecule has 0 fully saturated rings. The van der Waals surface area contributed by atoms with Crippen LogP contribution in [0.3, 0.4) is 0 Å². The van der Waals surface area contributed by atoms with E-state index in [1.807, 2.05) is 7.05 Å². The molecule has 0 aromatic heterocycles. The van der Waals surface area contributed by atoms with Gasteiger partial charge < -0.3 is 19.7 Å². The van der Waals surface area contributed by atoms with Gasteiger partial charge in [-0.15, -0.1) is 0 Å². The maximum absolute atomic E-state index is 5.48. The monoisotopic (exact) mass is 345 g/mol. The van der Waals surface area contributed by atoms with Crippen molar-refractivity contribution in [2.45, 2.75) is 19.3 Å². The molecule has 0 saturated carbocycles. The van der Waals surface area contributed by atoms with E-state index in [2.05, 4.69) is 51.6 Å². The van der Waals surface area contributed by atoms with Crippen LogP contribution in [0.4, 0.5) is 0 Å². The minimum Gasteiger partial charge on any atom is -0.382 e. The van der Waals surface area contributed by atoms with Crippen molar-refractivity contribution in [2.24, 2.45) is 4.99 Å². The summed E-state index contributed by atoms with van der Waals surface area (Å²) in [6.45, 7) is 4.96. The molecule has 0 radical (unpaired) electrons. The second-order valence-corrected chi connectivity index (χ2v) is 6.08. The fourth-order valence-electron chi connectivity index (χ4n) is 2.88. The zero-order chi connectivity index (χ0) is 17.7. The summed E-state index contributed by atoms with van der Waals surface area (Å²) < 4.78 is 10.4. The maximum Gasteiger partial charge on any atom is 0.193 e. The minimum absolute atomic E-state index is 0.665. The van der Waals surface area contributed by atoms with Crippen LogP contribution < -0.4 is 5.32 Å². The van der Waals surface area contributed by atoms with Crippen molar-refractivity contribution >= 4 is 11.5 Å². The largest absolute Gasteiger partial charge is 0.382 e. The Labute approximate surface area is 151 Å². The molecule has 1 aliphatic heterocycles. The molecule has 5 heteroatoms. The molecule has 1 aromatic carbocycles. The summed E-state index contributed by atoms with van der Waals surface area (Å²) in [7, 11) is 3.55. The topological polar surface area (TPSA) is 46.1 Å². The van der Waals surface area contributed by atoms with Crippen molar-refractivity contribution in [3.05, 3.63) is 42.0 Å². The van der Waals surface area contributed by atoms with Gasteiger partial charge in [-0.25, -0.2) is 0 Å². The van der Waals surface area contributed by atoms with Gasteiger partial charge in [0.1, 0.15) is 0 Å². The van der Waals surface area contributed by atoms with E-state index in [1.54, 1.807) is 7.11 Å². The van der Waals surface area contributed by atoms with Gasteiger partial charge >= 0.3 is 0 Å². The SMILES string of the molecule is CN=C(NCCCCOCCOC)N1CC=C(c2ccccc2)CC1. The number of nitrogens with one attached hydrogen (secondary N) is 1. The third-order valence-electron chi connectivity index (χ3n) is 4.30. The number of methoxy groups -OCH3 is 1. The highest BCUT2D eigenvalue weighted by molar-refractivity contribution is 5.81. The van der Waals surface area contributed by atoms with E-state index in [0.29, 0.717) is 13.2 Å². The van der Waals surface area contributed by atoms with Crippen molar-refractivity contribution < 1.29 is 9.47 Å². The third-order valence-corrected chi connectivity index (χ3v) is 4.30. The fraction of sp³-hybridized carbons (Fsp3) is 0.550. The lowest BCUT2D eigenvalue weighted by Gasteiger charge is -2.29. The quantitative estimate of drug-likeness (QED) is 0.425. The standard InChI is InChI=1S/C20H31N3O2/c1-21-20(22-12-6-7-15-25-17-16-24-2)23-13-10-19(11-14-23)18-8-4-3-5-9-18/h3-5,8-10H,6-7,11-17H2,1-2H3,(H,21,22). The fourth-order valence-corrected chi connectivity index (χ4v) is 2.88. The molecule has 0 aliphatic carbocycles. The van der Waals surface area contributed by atoms with E-state index in [-0.39, 0.29) is 0 Å². The number of hydrogen-bond acceptors (Lipinski definition) is 3. The zero-order valence-corrected chi connectivity index (χ0v) is 15.5. The molecule has 0 unspecified atom stereocenters. The first kappa shape index (κ1) is 19.5. The predicted octanol–water partition coefficient (Wildman–Crippen LogP) is 2.79. The Bertz CT molecular complexity index is 543. The Morgan fingerprint density at radius 2 is 2.00 bits per heavy atom. The second-order valence-electron chi connectivity index (χ2n) is 6.08. The number of rotatable bonds is 9. The molecule has 25 heavy (non-hydrogen) atoms. The molecule has 0 bridgehead atoms. The molecular weight excluding hydrogens is 314 g/mol. The molecule has 2 rings (SSSR count). The highest BCUT2D eigenvalue weighted by Crippen LogP contribution is 2.21. The number of guanidine groups is 1. The minimum atomic E-state index is 0.665. The molecule has 5 nitrogen and oxygen atoms in total. The number of hydrogen-bond donors (Lipinski definition) is 1. The normalized spacial score (nSPS) is 15.2. The highest BCUT2D eigenvalue weighted by atomic mass is 16.5. The molecule has 0 atom stereocenters. The van der Waals surface area contributed by atoms with Crippen LogP contribution in [0.5, 0.6) is 0 Å². The van der Waals surface area contributed by atoms with Crippen LogP contribution in [0.2, 0.25) is 0 Å². The Kier molecular flexibility index (Phi) is 9.08. The van der Waals surface area contributed by atoms with Crippen LogP contribution in [0, 0.1) is 0 Å². The lowest BCUT2D eigenvalue weighted by molar-refractivity contribution is 0.0689. The molecule has 138 valence electrons. The third kappa shape index (κ3) is 6.88. The number of nitrogens with zero attached hydrogens (tertiary/aromatic N) is 2.